The summed E-state index contributed by atoms with van der Waals surface area (Å²) in [5.41, 5.74) is 0.577. The van der Waals surface area contributed by atoms with Crippen LogP contribution in [0, 0.1) is 0 Å². The highest BCUT2D eigenvalue weighted by atomic mass is 32.2. The van der Waals surface area contributed by atoms with E-state index in [1.165, 1.54) is 16.4 Å². The molecule has 1 aromatic rings. The number of carbonyl (C=O) groups is 1. The summed E-state index contributed by atoms with van der Waals surface area (Å²) < 4.78 is 26.6. The molecular weight excluding hydrogens is 288 g/mol. The number of hydrogen-bond donors (Lipinski definition) is 1. The van der Waals surface area contributed by atoms with Crippen LogP contribution < -0.4 is 5.32 Å². The Kier molecular flexibility index (Phi) is 5.50. The van der Waals surface area contributed by atoms with E-state index in [9.17, 15) is 13.2 Å². The summed E-state index contributed by atoms with van der Waals surface area (Å²) in [5.74, 6) is 0.0559. The van der Waals surface area contributed by atoms with E-state index in [1.54, 1.807) is 12.1 Å². The largest absolute Gasteiger partial charge is 0.315 e. The standard InChI is InChI=1S/C15H22N2O3S/c1-2-4-15(18)13-5-7-14(8-6-13)21(19,20)17-11-3-9-16-10-12-17/h5-8,16H,2-4,9-12H2,1H3. The van der Waals surface area contributed by atoms with Gasteiger partial charge in [-0.05, 0) is 31.5 Å². The fraction of sp³-hybridized carbons (Fsp3) is 0.533. The molecule has 6 heteroatoms. The van der Waals surface area contributed by atoms with Gasteiger partial charge in [0.05, 0.1) is 4.90 Å². The normalized spacial score (nSPS) is 17.4. The van der Waals surface area contributed by atoms with E-state index in [1.807, 2.05) is 6.92 Å². The number of sulfonamides is 1. The Labute approximate surface area is 126 Å². The fourth-order valence-corrected chi connectivity index (χ4v) is 3.87. The van der Waals surface area contributed by atoms with E-state index < -0.39 is 10.0 Å². The van der Waals surface area contributed by atoms with Gasteiger partial charge in [0.15, 0.2) is 5.78 Å². The van der Waals surface area contributed by atoms with Crippen molar-refractivity contribution >= 4 is 15.8 Å². The zero-order valence-electron chi connectivity index (χ0n) is 12.3. The highest BCUT2D eigenvalue weighted by molar-refractivity contribution is 7.89. The van der Waals surface area contributed by atoms with Crippen LogP contribution in [0.5, 0.6) is 0 Å². The zero-order valence-corrected chi connectivity index (χ0v) is 13.2. The Hall–Kier alpha value is -1.24. The van der Waals surface area contributed by atoms with Crippen LogP contribution in [-0.4, -0.2) is 44.7 Å². The molecule has 1 aromatic carbocycles. The highest BCUT2D eigenvalue weighted by Gasteiger charge is 2.25. The second kappa shape index (κ2) is 7.15. The molecule has 116 valence electrons. The molecule has 5 nitrogen and oxygen atoms in total. The van der Waals surface area contributed by atoms with Crippen molar-refractivity contribution in [1.82, 2.24) is 9.62 Å². The maximum Gasteiger partial charge on any atom is 0.243 e. The quantitative estimate of drug-likeness (QED) is 0.840. The number of nitrogens with one attached hydrogen (secondary N) is 1. The molecule has 0 aliphatic carbocycles. The average Bonchev–Trinajstić information content (AvgIpc) is 2.77. The molecule has 1 N–H and O–H groups in total. The highest BCUT2D eigenvalue weighted by Crippen LogP contribution is 2.18. The number of ketones is 1. The summed E-state index contributed by atoms with van der Waals surface area (Å²) in [4.78, 5) is 12.0. The van der Waals surface area contributed by atoms with E-state index in [2.05, 4.69) is 5.32 Å². The first-order chi connectivity index (χ1) is 10.1. The van der Waals surface area contributed by atoms with Crippen molar-refractivity contribution in [3.8, 4) is 0 Å². The van der Waals surface area contributed by atoms with Crippen molar-refractivity contribution in [2.24, 2.45) is 0 Å². The van der Waals surface area contributed by atoms with Crippen LogP contribution in [0.4, 0.5) is 0 Å². The number of nitrogens with zero attached hydrogens (tertiary/aromatic N) is 1. The van der Waals surface area contributed by atoms with Crippen LogP contribution in [0.2, 0.25) is 0 Å². The SMILES string of the molecule is CCCC(=O)c1ccc(S(=O)(=O)N2CCCNCC2)cc1. The Bertz CT molecular complexity index is 573. The van der Waals surface area contributed by atoms with Gasteiger partial charge in [0.1, 0.15) is 0 Å². The van der Waals surface area contributed by atoms with Crippen LogP contribution >= 0.6 is 0 Å². The predicted molar refractivity (Wildman–Crippen MR) is 81.9 cm³/mol. The molecule has 0 bridgehead atoms. The van der Waals surface area contributed by atoms with Crippen LogP contribution in [-0.2, 0) is 10.0 Å². The summed E-state index contributed by atoms with van der Waals surface area (Å²) in [5, 5.41) is 3.19. The summed E-state index contributed by atoms with van der Waals surface area (Å²) in [6.45, 7) is 4.48. The first-order valence-corrected chi connectivity index (χ1v) is 8.84. The monoisotopic (exact) mass is 310 g/mol. The van der Waals surface area contributed by atoms with Gasteiger partial charge in [-0.3, -0.25) is 4.79 Å². The van der Waals surface area contributed by atoms with Crippen molar-refractivity contribution in [3.05, 3.63) is 29.8 Å². The molecule has 0 spiro atoms. The third-order valence-corrected chi connectivity index (χ3v) is 5.50. The number of Topliss-reactive ketones (excluding diaryl/α,β-unsaturated/α-hetero) is 1. The third kappa shape index (κ3) is 3.90. The molecule has 1 aliphatic rings. The number of carbonyl (C=O) groups excluding carboxylic acids is 1. The lowest BCUT2D eigenvalue weighted by atomic mass is 10.1. The van der Waals surface area contributed by atoms with Crippen molar-refractivity contribution in [2.75, 3.05) is 26.2 Å². The summed E-state index contributed by atoms with van der Waals surface area (Å²) in [7, 11) is -3.46. The lowest BCUT2D eigenvalue weighted by Gasteiger charge is -2.19. The van der Waals surface area contributed by atoms with Gasteiger partial charge in [-0.1, -0.05) is 19.1 Å². The molecule has 0 aromatic heterocycles. The minimum absolute atomic E-state index is 0.0559. The van der Waals surface area contributed by atoms with E-state index in [0.29, 0.717) is 31.6 Å². The second-order valence-corrected chi connectivity index (χ2v) is 7.14. The van der Waals surface area contributed by atoms with E-state index in [4.69, 9.17) is 0 Å². The maximum absolute atomic E-state index is 12.6. The van der Waals surface area contributed by atoms with Crippen LogP contribution in [0.25, 0.3) is 0 Å². The molecule has 0 unspecified atom stereocenters. The summed E-state index contributed by atoms with van der Waals surface area (Å²) >= 11 is 0. The summed E-state index contributed by atoms with van der Waals surface area (Å²) in [6.07, 6.45) is 2.09. The molecule has 0 atom stereocenters. The van der Waals surface area contributed by atoms with Gasteiger partial charge in [-0.2, -0.15) is 4.31 Å². The van der Waals surface area contributed by atoms with Crippen molar-refractivity contribution in [3.63, 3.8) is 0 Å². The summed E-state index contributed by atoms with van der Waals surface area (Å²) in [6, 6.07) is 6.30. The first-order valence-electron chi connectivity index (χ1n) is 7.40. The molecule has 1 saturated heterocycles. The van der Waals surface area contributed by atoms with Crippen molar-refractivity contribution < 1.29 is 13.2 Å². The molecule has 0 saturated carbocycles. The molecule has 0 radical (unpaired) electrons. The molecule has 1 aliphatic heterocycles. The number of rotatable bonds is 5. The number of hydrogen-bond acceptors (Lipinski definition) is 4. The Balaban J connectivity index is 2.18. The minimum atomic E-state index is -3.46. The van der Waals surface area contributed by atoms with Gasteiger partial charge in [0.2, 0.25) is 10.0 Å². The second-order valence-electron chi connectivity index (χ2n) is 5.21. The Morgan fingerprint density at radius 3 is 2.57 bits per heavy atom. The van der Waals surface area contributed by atoms with Gasteiger partial charge in [0.25, 0.3) is 0 Å². The average molecular weight is 310 g/mol. The van der Waals surface area contributed by atoms with E-state index in [0.717, 1.165) is 19.4 Å². The Morgan fingerprint density at radius 2 is 1.90 bits per heavy atom. The fourth-order valence-electron chi connectivity index (χ4n) is 2.39. The van der Waals surface area contributed by atoms with Gasteiger partial charge >= 0.3 is 0 Å². The van der Waals surface area contributed by atoms with Crippen molar-refractivity contribution in [1.29, 1.82) is 0 Å². The molecule has 1 fully saturated rings. The van der Waals surface area contributed by atoms with Crippen LogP contribution in [0.1, 0.15) is 36.5 Å². The van der Waals surface area contributed by atoms with Crippen LogP contribution in [0.15, 0.2) is 29.2 Å². The number of benzene rings is 1. The topological polar surface area (TPSA) is 66.5 Å². The molecule has 21 heavy (non-hydrogen) atoms. The molecular formula is C15H22N2O3S. The predicted octanol–water partition coefficient (Wildman–Crippen LogP) is 1.65. The van der Waals surface area contributed by atoms with Gasteiger partial charge in [0, 0.05) is 31.6 Å². The minimum Gasteiger partial charge on any atom is -0.315 e. The zero-order chi connectivity index (χ0) is 15.3. The molecule has 2 rings (SSSR count). The van der Waals surface area contributed by atoms with Crippen LogP contribution in [0.3, 0.4) is 0 Å². The smallest absolute Gasteiger partial charge is 0.243 e. The van der Waals surface area contributed by atoms with Gasteiger partial charge in [-0.15, -0.1) is 0 Å². The third-order valence-electron chi connectivity index (χ3n) is 3.59. The molecule has 0 amide bonds. The maximum atomic E-state index is 12.6. The lowest BCUT2D eigenvalue weighted by Crippen LogP contribution is -2.34. The Morgan fingerprint density at radius 1 is 1.19 bits per heavy atom. The molecule has 1 heterocycles. The van der Waals surface area contributed by atoms with Gasteiger partial charge < -0.3 is 5.32 Å². The van der Waals surface area contributed by atoms with E-state index >= 15 is 0 Å². The first kappa shape index (κ1) is 16.1. The lowest BCUT2D eigenvalue weighted by molar-refractivity contribution is 0.0981. The van der Waals surface area contributed by atoms with Gasteiger partial charge in [-0.25, -0.2) is 8.42 Å². The van der Waals surface area contributed by atoms with E-state index in [-0.39, 0.29) is 10.7 Å². The van der Waals surface area contributed by atoms with Crippen molar-refractivity contribution in [2.45, 2.75) is 31.1 Å².